The van der Waals surface area contributed by atoms with E-state index in [-0.39, 0.29) is 18.2 Å². The standard InChI is InChI=1S/C26H26FN3O4/c1-4-33-26-29-24(17-9-10-17)23(14-28-32)30(26)15-19-12-11-18(13-22(19)27)20-7-5-6-8-21(20)25(31)34-16(2)3/h5-8,11-14,17,32H,2,4,9-10,15H2,1,3H3/b28-14-. The minimum atomic E-state index is -0.548. The van der Waals surface area contributed by atoms with E-state index in [0.29, 0.717) is 40.6 Å². The fraction of sp³-hybridized carbons (Fsp3) is 0.269. The number of carbonyl (C=O) groups excluding carboxylic acids is 1. The number of ether oxygens (including phenoxy) is 2. The summed E-state index contributed by atoms with van der Waals surface area (Å²) in [5.74, 6) is -0.430. The molecule has 34 heavy (non-hydrogen) atoms. The van der Waals surface area contributed by atoms with Crippen molar-refractivity contribution in [3.05, 3.63) is 83.1 Å². The van der Waals surface area contributed by atoms with E-state index in [1.54, 1.807) is 47.9 Å². The quantitative estimate of drug-likeness (QED) is 0.149. The summed E-state index contributed by atoms with van der Waals surface area (Å²) in [6.45, 7) is 7.58. The highest BCUT2D eigenvalue weighted by Gasteiger charge is 2.32. The first-order valence-corrected chi connectivity index (χ1v) is 11.1. The van der Waals surface area contributed by atoms with Crippen molar-refractivity contribution in [2.45, 2.75) is 39.2 Å². The molecule has 0 atom stereocenters. The molecule has 0 radical (unpaired) electrons. The lowest BCUT2D eigenvalue weighted by Gasteiger charge is -2.13. The van der Waals surface area contributed by atoms with Crippen LogP contribution in [0.25, 0.3) is 11.1 Å². The summed E-state index contributed by atoms with van der Waals surface area (Å²) < 4.78 is 27.8. The maximum absolute atomic E-state index is 15.3. The van der Waals surface area contributed by atoms with Crippen molar-refractivity contribution >= 4 is 12.2 Å². The van der Waals surface area contributed by atoms with Gasteiger partial charge < -0.3 is 14.7 Å². The highest BCUT2D eigenvalue weighted by atomic mass is 19.1. The minimum Gasteiger partial charge on any atom is -0.465 e. The molecule has 4 rings (SSSR count). The second kappa shape index (κ2) is 9.91. The summed E-state index contributed by atoms with van der Waals surface area (Å²) in [5, 5.41) is 12.4. The molecule has 0 bridgehead atoms. The molecule has 0 saturated heterocycles. The molecule has 1 aromatic heterocycles. The molecule has 2 aromatic carbocycles. The van der Waals surface area contributed by atoms with Crippen LogP contribution >= 0.6 is 0 Å². The summed E-state index contributed by atoms with van der Waals surface area (Å²) in [5.41, 5.74) is 3.22. The normalized spacial score (nSPS) is 13.3. The Bertz CT molecular complexity index is 1260. The van der Waals surface area contributed by atoms with Crippen LogP contribution in [0.1, 0.15) is 59.9 Å². The van der Waals surface area contributed by atoms with Gasteiger partial charge in [0.25, 0.3) is 6.01 Å². The van der Waals surface area contributed by atoms with Gasteiger partial charge in [0, 0.05) is 11.5 Å². The maximum atomic E-state index is 15.3. The van der Waals surface area contributed by atoms with Crippen LogP contribution in [0.2, 0.25) is 0 Å². The molecule has 0 amide bonds. The Morgan fingerprint density at radius 1 is 1.32 bits per heavy atom. The number of carbonyl (C=O) groups is 1. The van der Waals surface area contributed by atoms with Crippen molar-refractivity contribution in [1.29, 1.82) is 0 Å². The van der Waals surface area contributed by atoms with Gasteiger partial charge in [-0.05, 0) is 49.9 Å². The molecule has 1 heterocycles. The van der Waals surface area contributed by atoms with E-state index >= 15 is 4.39 Å². The molecule has 8 heteroatoms. The monoisotopic (exact) mass is 463 g/mol. The third-order valence-electron chi connectivity index (χ3n) is 5.52. The molecule has 176 valence electrons. The van der Waals surface area contributed by atoms with Crippen molar-refractivity contribution < 1.29 is 23.9 Å². The van der Waals surface area contributed by atoms with Gasteiger partial charge in [0.05, 0.1) is 42.1 Å². The van der Waals surface area contributed by atoms with Crippen LogP contribution in [0.5, 0.6) is 6.01 Å². The van der Waals surface area contributed by atoms with Crippen molar-refractivity contribution in [3.8, 4) is 17.1 Å². The Kier molecular flexibility index (Phi) is 6.77. The first-order chi connectivity index (χ1) is 16.4. The Morgan fingerprint density at radius 2 is 2.09 bits per heavy atom. The SMILES string of the molecule is C=C(C)OC(=O)c1ccccc1-c1ccc(Cn2c(OCC)nc(C3CC3)c2/C=N\O)c(F)c1. The van der Waals surface area contributed by atoms with E-state index in [4.69, 9.17) is 9.47 Å². The smallest absolute Gasteiger partial charge is 0.343 e. The Balaban J connectivity index is 1.69. The highest BCUT2D eigenvalue weighted by Crippen LogP contribution is 2.42. The number of nitrogens with zero attached hydrogens (tertiary/aromatic N) is 3. The van der Waals surface area contributed by atoms with Crippen LogP contribution in [0, 0.1) is 5.82 Å². The summed E-state index contributed by atoms with van der Waals surface area (Å²) in [6, 6.07) is 12.0. The number of esters is 1. The van der Waals surface area contributed by atoms with Crippen LogP contribution < -0.4 is 4.74 Å². The third kappa shape index (κ3) is 4.85. The molecule has 1 aliphatic rings. The van der Waals surface area contributed by atoms with Crippen molar-refractivity contribution in [2.24, 2.45) is 5.16 Å². The van der Waals surface area contributed by atoms with Crippen LogP contribution in [0.4, 0.5) is 4.39 Å². The fourth-order valence-electron chi connectivity index (χ4n) is 3.84. The number of oxime groups is 1. The zero-order valence-electron chi connectivity index (χ0n) is 19.1. The molecule has 0 spiro atoms. The van der Waals surface area contributed by atoms with Gasteiger partial charge in [-0.1, -0.05) is 42.1 Å². The van der Waals surface area contributed by atoms with Crippen molar-refractivity contribution in [2.75, 3.05) is 6.61 Å². The fourth-order valence-corrected chi connectivity index (χ4v) is 3.84. The number of aromatic nitrogens is 2. The molecule has 0 aliphatic heterocycles. The van der Waals surface area contributed by atoms with Crippen molar-refractivity contribution in [3.63, 3.8) is 0 Å². The minimum absolute atomic E-state index is 0.141. The van der Waals surface area contributed by atoms with Gasteiger partial charge in [-0.25, -0.2) is 9.18 Å². The van der Waals surface area contributed by atoms with Gasteiger partial charge >= 0.3 is 5.97 Å². The summed E-state index contributed by atoms with van der Waals surface area (Å²) in [7, 11) is 0. The number of halogens is 1. The molecule has 7 nitrogen and oxygen atoms in total. The van der Waals surface area contributed by atoms with Gasteiger partial charge in [0.1, 0.15) is 5.82 Å². The Morgan fingerprint density at radius 3 is 2.74 bits per heavy atom. The van der Waals surface area contributed by atoms with Crippen molar-refractivity contribution in [1.82, 2.24) is 9.55 Å². The lowest BCUT2D eigenvalue weighted by molar-refractivity contribution is 0.0628. The average molecular weight is 464 g/mol. The zero-order chi connectivity index (χ0) is 24.2. The van der Waals surface area contributed by atoms with E-state index < -0.39 is 11.8 Å². The van der Waals surface area contributed by atoms with Gasteiger partial charge in [-0.15, -0.1) is 0 Å². The first-order valence-electron chi connectivity index (χ1n) is 11.1. The third-order valence-corrected chi connectivity index (χ3v) is 5.52. The van der Waals surface area contributed by atoms with E-state index in [9.17, 15) is 10.0 Å². The van der Waals surface area contributed by atoms with Gasteiger partial charge in [-0.2, -0.15) is 4.98 Å². The zero-order valence-corrected chi connectivity index (χ0v) is 19.1. The van der Waals surface area contributed by atoms with E-state index in [1.165, 1.54) is 12.3 Å². The second-order valence-corrected chi connectivity index (χ2v) is 8.15. The summed E-state index contributed by atoms with van der Waals surface area (Å²) >= 11 is 0. The lowest BCUT2D eigenvalue weighted by atomic mass is 9.98. The van der Waals surface area contributed by atoms with E-state index in [2.05, 4.69) is 16.7 Å². The first kappa shape index (κ1) is 23.2. The second-order valence-electron chi connectivity index (χ2n) is 8.15. The number of benzene rings is 2. The maximum Gasteiger partial charge on any atom is 0.343 e. The molecular formula is C26H26FN3O4. The highest BCUT2D eigenvalue weighted by molar-refractivity contribution is 5.97. The Hall–Kier alpha value is -3.94. The molecule has 3 aromatic rings. The molecule has 1 aliphatic carbocycles. The number of hydrogen-bond donors (Lipinski definition) is 1. The van der Waals surface area contributed by atoms with E-state index in [1.807, 2.05) is 6.92 Å². The topological polar surface area (TPSA) is 85.9 Å². The van der Waals surface area contributed by atoms with E-state index in [0.717, 1.165) is 18.5 Å². The molecule has 0 unspecified atom stereocenters. The Labute approximate surface area is 197 Å². The number of rotatable bonds is 9. The lowest BCUT2D eigenvalue weighted by Crippen LogP contribution is -2.10. The van der Waals surface area contributed by atoms with Crippen LogP contribution in [0.3, 0.4) is 0 Å². The number of allylic oxidation sites excluding steroid dienone is 1. The number of hydrogen-bond acceptors (Lipinski definition) is 6. The molecular weight excluding hydrogens is 437 g/mol. The molecule has 1 saturated carbocycles. The number of imidazole rings is 1. The predicted octanol–water partition coefficient (Wildman–Crippen LogP) is 5.51. The average Bonchev–Trinajstić information content (AvgIpc) is 3.60. The predicted molar refractivity (Wildman–Crippen MR) is 126 cm³/mol. The summed E-state index contributed by atoms with van der Waals surface area (Å²) in [4.78, 5) is 17.1. The molecule has 1 fully saturated rings. The molecule has 1 N–H and O–H groups in total. The van der Waals surface area contributed by atoms with Crippen LogP contribution in [-0.2, 0) is 11.3 Å². The van der Waals surface area contributed by atoms with Crippen LogP contribution in [-0.4, -0.2) is 33.5 Å². The van der Waals surface area contributed by atoms with Crippen LogP contribution in [0.15, 0.2) is 60.0 Å². The van der Waals surface area contributed by atoms with Gasteiger partial charge in [0.2, 0.25) is 0 Å². The largest absolute Gasteiger partial charge is 0.465 e. The van der Waals surface area contributed by atoms with Gasteiger partial charge in [-0.3, -0.25) is 4.57 Å². The summed E-state index contributed by atoms with van der Waals surface area (Å²) in [6.07, 6.45) is 3.33. The van der Waals surface area contributed by atoms with Gasteiger partial charge in [0.15, 0.2) is 0 Å².